The van der Waals surface area contributed by atoms with Crippen LogP contribution in [0.4, 0.5) is 0 Å². The molecule has 0 unspecified atom stereocenters. The van der Waals surface area contributed by atoms with E-state index in [2.05, 4.69) is 15.8 Å². The van der Waals surface area contributed by atoms with Gasteiger partial charge in [-0.1, -0.05) is 18.6 Å². The second-order valence-electron chi connectivity index (χ2n) is 7.13. The number of aryl methyl sites for hydroxylation is 1. The SMILES string of the molecule is Cn1c(CCC(=O)NNC(=O)CN2CCCCCC2=O)nc2ccccc2c1=O. The molecule has 1 saturated heterocycles. The van der Waals surface area contributed by atoms with Crippen molar-refractivity contribution in [2.75, 3.05) is 13.1 Å². The third kappa shape index (κ3) is 5.18. The van der Waals surface area contributed by atoms with Gasteiger partial charge in [-0.3, -0.25) is 34.6 Å². The zero-order valence-electron chi connectivity index (χ0n) is 16.4. The number of likely N-dealkylation sites (tertiary alicyclic amines) is 1. The molecule has 154 valence electrons. The number of nitrogens with one attached hydrogen (secondary N) is 2. The van der Waals surface area contributed by atoms with Crippen molar-refractivity contribution < 1.29 is 14.4 Å². The molecule has 2 heterocycles. The van der Waals surface area contributed by atoms with Crippen molar-refractivity contribution in [1.82, 2.24) is 25.3 Å². The van der Waals surface area contributed by atoms with Crippen LogP contribution in [0.3, 0.4) is 0 Å². The number of nitrogens with zero attached hydrogens (tertiary/aromatic N) is 3. The van der Waals surface area contributed by atoms with Crippen molar-refractivity contribution in [2.45, 2.75) is 38.5 Å². The highest BCUT2D eigenvalue weighted by molar-refractivity contribution is 5.86. The van der Waals surface area contributed by atoms with Gasteiger partial charge in [0.1, 0.15) is 12.4 Å². The van der Waals surface area contributed by atoms with Crippen LogP contribution in [-0.2, 0) is 27.9 Å². The highest BCUT2D eigenvalue weighted by Gasteiger charge is 2.19. The number of fused-ring (bicyclic) bond motifs is 1. The van der Waals surface area contributed by atoms with E-state index in [1.807, 2.05) is 0 Å². The lowest BCUT2D eigenvalue weighted by atomic mass is 10.2. The van der Waals surface area contributed by atoms with Crippen LogP contribution in [0, 0.1) is 0 Å². The number of hydrogen-bond acceptors (Lipinski definition) is 5. The Morgan fingerprint density at radius 2 is 1.83 bits per heavy atom. The standard InChI is InChI=1S/C20H25N5O4/c1-24-16(21-15-8-5-4-7-14(15)20(24)29)10-11-17(26)22-23-18(27)13-25-12-6-2-3-9-19(25)28/h4-5,7-8H,2-3,6,9-13H2,1H3,(H,22,26)(H,23,27). The summed E-state index contributed by atoms with van der Waals surface area (Å²) in [6.45, 7) is 0.488. The van der Waals surface area contributed by atoms with Crippen molar-refractivity contribution in [2.24, 2.45) is 7.05 Å². The molecule has 29 heavy (non-hydrogen) atoms. The van der Waals surface area contributed by atoms with Crippen molar-refractivity contribution in [3.63, 3.8) is 0 Å². The van der Waals surface area contributed by atoms with Gasteiger partial charge in [0, 0.05) is 32.9 Å². The van der Waals surface area contributed by atoms with Gasteiger partial charge >= 0.3 is 0 Å². The van der Waals surface area contributed by atoms with Gasteiger partial charge in [0.15, 0.2) is 0 Å². The Bertz CT molecular complexity index is 984. The zero-order valence-corrected chi connectivity index (χ0v) is 16.4. The lowest BCUT2D eigenvalue weighted by Crippen LogP contribution is -2.47. The number of benzene rings is 1. The summed E-state index contributed by atoms with van der Waals surface area (Å²) in [6, 6.07) is 7.05. The highest BCUT2D eigenvalue weighted by Crippen LogP contribution is 2.10. The van der Waals surface area contributed by atoms with E-state index in [1.54, 1.807) is 31.3 Å². The van der Waals surface area contributed by atoms with Crippen LogP contribution in [0.2, 0.25) is 0 Å². The second-order valence-corrected chi connectivity index (χ2v) is 7.13. The lowest BCUT2D eigenvalue weighted by Gasteiger charge is -2.19. The normalized spacial score (nSPS) is 14.5. The Morgan fingerprint density at radius 3 is 2.66 bits per heavy atom. The molecule has 9 nitrogen and oxygen atoms in total. The van der Waals surface area contributed by atoms with E-state index in [4.69, 9.17) is 0 Å². The van der Waals surface area contributed by atoms with Crippen LogP contribution in [0.5, 0.6) is 0 Å². The maximum atomic E-state index is 12.4. The highest BCUT2D eigenvalue weighted by atomic mass is 16.2. The van der Waals surface area contributed by atoms with Crippen LogP contribution in [0.15, 0.2) is 29.1 Å². The van der Waals surface area contributed by atoms with Crippen LogP contribution in [0.1, 0.15) is 37.9 Å². The largest absolute Gasteiger partial charge is 0.333 e. The summed E-state index contributed by atoms with van der Waals surface area (Å²) < 4.78 is 1.43. The number of hydrazine groups is 1. The predicted molar refractivity (Wildman–Crippen MR) is 107 cm³/mol. The molecular weight excluding hydrogens is 374 g/mol. The van der Waals surface area contributed by atoms with Crippen LogP contribution < -0.4 is 16.4 Å². The summed E-state index contributed by atoms with van der Waals surface area (Å²) in [7, 11) is 1.62. The van der Waals surface area contributed by atoms with Gasteiger partial charge in [0.25, 0.3) is 11.5 Å². The van der Waals surface area contributed by atoms with Crippen LogP contribution in [0.25, 0.3) is 10.9 Å². The van der Waals surface area contributed by atoms with E-state index in [1.165, 1.54) is 9.47 Å². The molecule has 0 atom stereocenters. The molecule has 2 N–H and O–H groups in total. The van der Waals surface area contributed by atoms with E-state index >= 15 is 0 Å². The second kappa shape index (κ2) is 9.31. The first-order valence-corrected chi connectivity index (χ1v) is 9.76. The quantitative estimate of drug-likeness (QED) is 0.708. The van der Waals surface area contributed by atoms with E-state index < -0.39 is 11.8 Å². The molecule has 2 aromatic rings. The molecule has 0 spiro atoms. The summed E-state index contributed by atoms with van der Waals surface area (Å²) in [4.78, 5) is 54.4. The predicted octanol–water partition coefficient (Wildman–Crippen LogP) is 0.416. The molecule has 1 aliphatic heterocycles. The summed E-state index contributed by atoms with van der Waals surface area (Å²) in [5.74, 6) is -0.384. The molecule has 0 aliphatic carbocycles. The number of para-hydroxylation sites is 1. The van der Waals surface area contributed by atoms with Crippen molar-refractivity contribution in [1.29, 1.82) is 0 Å². The Morgan fingerprint density at radius 1 is 1.07 bits per heavy atom. The van der Waals surface area contributed by atoms with Crippen molar-refractivity contribution in [3.8, 4) is 0 Å². The molecule has 3 rings (SSSR count). The maximum Gasteiger partial charge on any atom is 0.261 e. The minimum absolute atomic E-state index is 0.0349. The fourth-order valence-corrected chi connectivity index (χ4v) is 3.33. The van der Waals surface area contributed by atoms with Crippen molar-refractivity contribution >= 4 is 28.6 Å². The summed E-state index contributed by atoms with van der Waals surface area (Å²) in [5.41, 5.74) is 5.11. The van der Waals surface area contributed by atoms with E-state index in [0.717, 1.165) is 19.3 Å². The molecular formula is C20H25N5O4. The average molecular weight is 399 g/mol. The molecule has 3 amide bonds. The minimum atomic E-state index is -0.440. The van der Waals surface area contributed by atoms with E-state index in [-0.39, 0.29) is 30.9 Å². The topological polar surface area (TPSA) is 113 Å². The van der Waals surface area contributed by atoms with E-state index in [0.29, 0.717) is 29.7 Å². The zero-order chi connectivity index (χ0) is 20.8. The van der Waals surface area contributed by atoms with Crippen LogP contribution >= 0.6 is 0 Å². The van der Waals surface area contributed by atoms with Crippen molar-refractivity contribution in [3.05, 3.63) is 40.4 Å². The average Bonchev–Trinajstić information content (AvgIpc) is 2.92. The third-order valence-corrected chi connectivity index (χ3v) is 5.00. The number of carbonyl (C=O) groups excluding carboxylic acids is 3. The summed E-state index contributed by atoms with van der Waals surface area (Å²) in [6.07, 6.45) is 3.47. The number of amides is 3. The summed E-state index contributed by atoms with van der Waals surface area (Å²) in [5, 5.41) is 0.526. The Labute approximate surface area is 168 Å². The van der Waals surface area contributed by atoms with Gasteiger partial charge in [0.05, 0.1) is 10.9 Å². The minimum Gasteiger partial charge on any atom is -0.333 e. The van der Waals surface area contributed by atoms with Gasteiger partial charge in [-0.2, -0.15) is 0 Å². The molecule has 1 aromatic carbocycles. The Hall–Kier alpha value is -3.23. The van der Waals surface area contributed by atoms with Crippen LogP contribution in [-0.4, -0.2) is 45.3 Å². The maximum absolute atomic E-state index is 12.4. The molecule has 0 saturated carbocycles. The Balaban J connectivity index is 1.50. The number of hydrogen-bond donors (Lipinski definition) is 2. The summed E-state index contributed by atoms with van der Waals surface area (Å²) >= 11 is 0. The smallest absolute Gasteiger partial charge is 0.261 e. The van der Waals surface area contributed by atoms with Gasteiger partial charge < -0.3 is 4.90 Å². The molecule has 0 radical (unpaired) electrons. The molecule has 1 aromatic heterocycles. The Kier molecular flexibility index (Phi) is 6.58. The number of aromatic nitrogens is 2. The first-order valence-electron chi connectivity index (χ1n) is 9.76. The molecule has 0 bridgehead atoms. The third-order valence-electron chi connectivity index (χ3n) is 5.00. The van der Waals surface area contributed by atoms with Gasteiger partial charge in [-0.05, 0) is 25.0 Å². The molecule has 1 aliphatic rings. The number of carbonyl (C=O) groups is 3. The fraction of sp³-hybridized carbons (Fsp3) is 0.450. The monoisotopic (exact) mass is 399 g/mol. The van der Waals surface area contributed by atoms with Gasteiger partial charge in [-0.25, -0.2) is 4.98 Å². The lowest BCUT2D eigenvalue weighted by molar-refractivity contribution is -0.136. The first-order chi connectivity index (χ1) is 14.0. The number of rotatable bonds is 5. The molecule has 1 fully saturated rings. The van der Waals surface area contributed by atoms with Gasteiger partial charge in [0.2, 0.25) is 11.8 Å². The first kappa shape index (κ1) is 20.5. The van der Waals surface area contributed by atoms with E-state index in [9.17, 15) is 19.2 Å². The molecule has 9 heteroatoms. The fourth-order valence-electron chi connectivity index (χ4n) is 3.33. The van der Waals surface area contributed by atoms with Gasteiger partial charge in [-0.15, -0.1) is 0 Å².